The first-order valence-corrected chi connectivity index (χ1v) is 5.45. The zero-order valence-corrected chi connectivity index (χ0v) is 9.44. The van der Waals surface area contributed by atoms with Crippen LogP contribution in [0, 0.1) is 17.5 Å². The maximum atomic E-state index is 13.6. The van der Waals surface area contributed by atoms with Crippen molar-refractivity contribution < 1.29 is 13.2 Å². The second-order valence-corrected chi connectivity index (χ2v) is 3.84. The lowest BCUT2D eigenvalue weighted by atomic mass is 10.0. The Hall–Kier alpha value is -1.48. The van der Waals surface area contributed by atoms with Crippen molar-refractivity contribution >= 4 is 11.6 Å². The van der Waals surface area contributed by atoms with Crippen molar-refractivity contribution in [3.63, 3.8) is 0 Å². The number of alkyl halides is 1. The molecule has 0 N–H and O–H groups in total. The van der Waals surface area contributed by atoms with Gasteiger partial charge in [0.1, 0.15) is 5.82 Å². The maximum absolute atomic E-state index is 13.6. The van der Waals surface area contributed by atoms with Gasteiger partial charge in [0.25, 0.3) is 0 Å². The molecule has 4 heteroatoms. The fraction of sp³-hybridized carbons (Fsp3) is 0.0769. The molecule has 0 aliphatic carbocycles. The van der Waals surface area contributed by atoms with Gasteiger partial charge in [0.2, 0.25) is 0 Å². The molecule has 0 saturated heterocycles. The first kappa shape index (κ1) is 12.0. The highest BCUT2D eigenvalue weighted by atomic mass is 35.5. The molecule has 0 radical (unpaired) electrons. The molecule has 0 bridgehead atoms. The molecule has 0 spiro atoms. The fourth-order valence-corrected chi connectivity index (χ4v) is 1.71. The van der Waals surface area contributed by atoms with Gasteiger partial charge in [0.05, 0.1) is 0 Å². The van der Waals surface area contributed by atoms with Crippen LogP contribution in [-0.2, 0) is 5.88 Å². The van der Waals surface area contributed by atoms with Crippen molar-refractivity contribution in [1.82, 2.24) is 0 Å². The summed E-state index contributed by atoms with van der Waals surface area (Å²) in [7, 11) is 0. The zero-order valence-electron chi connectivity index (χ0n) is 8.68. The Kier molecular flexibility index (Phi) is 3.38. The van der Waals surface area contributed by atoms with Gasteiger partial charge in [0.15, 0.2) is 11.6 Å². The van der Waals surface area contributed by atoms with E-state index in [4.69, 9.17) is 11.6 Å². The maximum Gasteiger partial charge on any atom is 0.159 e. The molecule has 0 aromatic heterocycles. The summed E-state index contributed by atoms with van der Waals surface area (Å²) in [5.41, 5.74) is 1.21. The van der Waals surface area contributed by atoms with E-state index in [1.807, 2.05) is 0 Å². The van der Waals surface area contributed by atoms with E-state index >= 15 is 0 Å². The highest BCUT2D eigenvalue weighted by Gasteiger charge is 2.09. The summed E-state index contributed by atoms with van der Waals surface area (Å²) in [6.45, 7) is 0. The molecular weight excluding hydrogens is 249 g/mol. The summed E-state index contributed by atoms with van der Waals surface area (Å²) in [6.07, 6.45) is 0. The second kappa shape index (κ2) is 4.80. The topological polar surface area (TPSA) is 0 Å². The van der Waals surface area contributed by atoms with Crippen molar-refractivity contribution in [3.05, 3.63) is 59.4 Å². The van der Waals surface area contributed by atoms with E-state index in [2.05, 4.69) is 0 Å². The third-order valence-electron chi connectivity index (χ3n) is 2.42. The highest BCUT2D eigenvalue weighted by molar-refractivity contribution is 6.17. The lowest BCUT2D eigenvalue weighted by Crippen LogP contribution is -1.90. The predicted octanol–water partition coefficient (Wildman–Crippen LogP) is 4.51. The van der Waals surface area contributed by atoms with Crippen LogP contribution in [0.4, 0.5) is 13.2 Å². The van der Waals surface area contributed by atoms with Crippen LogP contribution in [0.1, 0.15) is 5.56 Å². The molecule has 2 rings (SSSR count). The Labute approximate surface area is 102 Å². The lowest BCUT2D eigenvalue weighted by molar-refractivity contribution is 0.509. The fourth-order valence-electron chi connectivity index (χ4n) is 1.54. The van der Waals surface area contributed by atoms with Crippen LogP contribution in [0.15, 0.2) is 36.4 Å². The Balaban J connectivity index is 2.55. The number of hydrogen-bond donors (Lipinski definition) is 0. The number of benzene rings is 2. The standard InChI is InChI=1S/C13H8ClF3/c14-7-8-1-3-11(15)10(5-8)9-2-4-12(16)13(17)6-9/h1-6H,7H2. The zero-order chi connectivity index (χ0) is 12.4. The molecule has 0 amide bonds. The molecule has 2 aromatic carbocycles. The van der Waals surface area contributed by atoms with Crippen LogP contribution < -0.4 is 0 Å². The number of rotatable bonds is 2. The molecule has 0 heterocycles. The highest BCUT2D eigenvalue weighted by Crippen LogP contribution is 2.26. The lowest BCUT2D eigenvalue weighted by Gasteiger charge is -2.06. The minimum absolute atomic E-state index is 0.210. The van der Waals surface area contributed by atoms with Crippen molar-refractivity contribution in [2.75, 3.05) is 0 Å². The van der Waals surface area contributed by atoms with E-state index < -0.39 is 17.5 Å². The van der Waals surface area contributed by atoms with Crippen molar-refractivity contribution in [2.24, 2.45) is 0 Å². The van der Waals surface area contributed by atoms with Gasteiger partial charge in [-0.3, -0.25) is 0 Å². The Morgan fingerprint density at radius 3 is 2.18 bits per heavy atom. The summed E-state index contributed by atoms with van der Waals surface area (Å²) in [5.74, 6) is -2.22. The molecule has 17 heavy (non-hydrogen) atoms. The quantitative estimate of drug-likeness (QED) is 0.694. The van der Waals surface area contributed by atoms with Crippen LogP contribution in [0.3, 0.4) is 0 Å². The van der Waals surface area contributed by atoms with E-state index in [1.54, 1.807) is 6.07 Å². The van der Waals surface area contributed by atoms with Gasteiger partial charge >= 0.3 is 0 Å². The molecule has 0 aliphatic rings. The van der Waals surface area contributed by atoms with Gasteiger partial charge in [-0.05, 0) is 35.4 Å². The van der Waals surface area contributed by atoms with Crippen LogP contribution in [0.2, 0.25) is 0 Å². The Morgan fingerprint density at radius 2 is 1.53 bits per heavy atom. The van der Waals surface area contributed by atoms with E-state index in [-0.39, 0.29) is 17.0 Å². The largest absolute Gasteiger partial charge is 0.206 e. The number of halogens is 4. The van der Waals surface area contributed by atoms with Crippen molar-refractivity contribution in [1.29, 1.82) is 0 Å². The smallest absolute Gasteiger partial charge is 0.159 e. The Bertz CT molecular complexity index is 552. The molecule has 0 fully saturated rings. The third kappa shape index (κ3) is 2.44. The van der Waals surface area contributed by atoms with Gasteiger partial charge in [-0.2, -0.15) is 0 Å². The monoisotopic (exact) mass is 256 g/mol. The van der Waals surface area contributed by atoms with Crippen LogP contribution in [0.5, 0.6) is 0 Å². The summed E-state index contributed by atoms with van der Waals surface area (Å²) in [5, 5.41) is 0. The van der Waals surface area contributed by atoms with Gasteiger partial charge in [-0.1, -0.05) is 12.1 Å². The minimum Gasteiger partial charge on any atom is -0.206 e. The molecular formula is C13H8ClF3. The Morgan fingerprint density at radius 1 is 0.824 bits per heavy atom. The SMILES string of the molecule is Fc1ccc(-c2cc(CCl)ccc2F)cc1F. The predicted molar refractivity (Wildman–Crippen MR) is 61.3 cm³/mol. The van der Waals surface area contributed by atoms with E-state index in [9.17, 15) is 13.2 Å². The number of hydrogen-bond acceptors (Lipinski definition) is 0. The first-order chi connectivity index (χ1) is 8.11. The third-order valence-corrected chi connectivity index (χ3v) is 2.72. The van der Waals surface area contributed by atoms with Gasteiger partial charge in [-0.15, -0.1) is 11.6 Å². The van der Waals surface area contributed by atoms with Crippen molar-refractivity contribution in [3.8, 4) is 11.1 Å². The summed E-state index contributed by atoms with van der Waals surface area (Å²) >= 11 is 5.64. The molecule has 88 valence electrons. The molecule has 0 atom stereocenters. The van der Waals surface area contributed by atoms with Gasteiger partial charge in [-0.25, -0.2) is 13.2 Å². The molecule has 2 aromatic rings. The molecule has 0 aliphatic heterocycles. The average Bonchev–Trinajstić information content (AvgIpc) is 2.33. The molecule has 0 saturated carbocycles. The average molecular weight is 257 g/mol. The van der Waals surface area contributed by atoms with E-state index in [0.29, 0.717) is 5.56 Å². The van der Waals surface area contributed by atoms with Gasteiger partial charge in [0, 0.05) is 11.4 Å². The van der Waals surface area contributed by atoms with Crippen LogP contribution in [0.25, 0.3) is 11.1 Å². The van der Waals surface area contributed by atoms with E-state index in [0.717, 1.165) is 12.1 Å². The summed E-state index contributed by atoms with van der Waals surface area (Å²) < 4.78 is 39.4. The van der Waals surface area contributed by atoms with Crippen LogP contribution in [-0.4, -0.2) is 0 Å². The first-order valence-electron chi connectivity index (χ1n) is 4.91. The summed E-state index contributed by atoms with van der Waals surface area (Å²) in [6, 6.07) is 7.59. The minimum atomic E-state index is -1.00. The molecule has 0 unspecified atom stereocenters. The van der Waals surface area contributed by atoms with Crippen LogP contribution >= 0.6 is 11.6 Å². The van der Waals surface area contributed by atoms with Crippen molar-refractivity contribution in [2.45, 2.75) is 5.88 Å². The molecule has 0 nitrogen and oxygen atoms in total. The van der Waals surface area contributed by atoms with E-state index in [1.165, 1.54) is 18.2 Å². The normalized spacial score (nSPS) is 10.6. The second-order valence-electron chi connectivity index (χ2n) is 3.58. The van der Waals surface area contributed by atoms with Gasteiger partial charge < -0.3 is 0 Å². The summed E-state index contributed by atoms with van der Waals surface area (Å²) in [4.78, 5) is 0.